The standard InChI is InChI=1S/C24H29N9S/c1-15-5-9-33(17-4-3-16(28-19(15)17)23-26-8-12-34-23)22-20-21(30-31-22)29-18(13-27-20)32-10-6-24(2,14-25)7-11-32/h3-4,8,12-13,15H,5-7,9-11,14,25H2,1-2H3,(H,29,30,31)/t15-/m0/s1. The van der Waals surface area contributed by atoms with E-state index in [-0.39, 0.29) is 5.41 Å². The Morgan fingerprint density at radius 2 is 2.03 bits per heavy atom. The molecule has 1 fully saturated rings. The van der Waals surface area contributed by atoms with Crippen molar-refractivity contribution in [2.45, 2.75) is 39.0 Å². The molecule has 0 unspecified atom stereocenters. The van der Waals surface area contributed by atoms with E-state index in [2.05, 4.69) is 44.9 Å². The average Bonchev–Trinajstić information content (AvgIpc) is 3.55. The van der Waals surface area contributed by atoms with Gasteiger partial charge in [0.05, 0.1) is 23.3 Å². The Bertz CT molecular complexity index is 1310. The second-order valence-electron chi connectivity index (χ2n) is 9.75. The third-order valence-corrected chi connectivity index (χ3v) is 8.18. The molecular weight excluding hydrogens is 446 g/mol. The van der Waals surface area contributed by atoms with Crippen LogP contribution in [0.15, 0.2) is 29.9 Å². The number of fused-ring (bicyclic) bond motifs is 2. The van der Waals surface area contributed by atoms with Gasteiger partial charge in [0.1, 0.15) is 10.8 Å². The molecule has 34 heavy (non-hydrogen) atoms. The minimum Gasteiger partial charge on any atom is -0.355 e. The van der Waals surface area contributed by atoms with Crippen molar-refractivity contribution in [3.05, 3.63) is 35.6 Å². The van der Waals surface area contributed by atoms with E-state index in [1.54, 1.807) is 11.3 Å². The Morgan fingerprint density at radius 3 is 2.79 bits per heavy atom. The number of hydrogen-bond donors (Lipinski definition) is 2. The molecule has 1 saturated heterocycles. The molecule has 0 bridgehead atoms. The lowest BCUT2D eigenvalue weighted by Crippen LogP contribution is -2.42. The summed E-state index contributed by atoms with van der Waals surface area (Å²) in [5.74, 6) is 2.07. The highest BCUT2D eigenvalue weighted by Crippen LogP contribution is 2.40. The zero-order valence-electron chi connectivity index (χ0n) is 19.5. The summed E-state index contributed by atoms with van der Waals surface area (Å²) in [5.41, 5.74) is 10.8. The van der Waals surface area contributed by atoms with Gasteiger partial charge >= 0.3 is 0 Å². The van der Waals surface area contributed by atoms with Crippen LogP contribution in [0.3, 0.4) is 0 Å². The number of aromatic amines is 1. The van der Waals surface area contributed by atoms with E-state index < -0.39 is 0 Å². The van der Waals surface area contributed by atoms with Crippen LogP contribution in [0.25, 0.3) is 21.9 Å². The first kappa shape index (κ1) is 21.4. The van der Waals surface area contributed by atoms with Gasteiger partial charge in [0, 0.05) is 37.1 Å². The molecule has 6 rings (SSSR count). The van der Waals surface area contributed by atoms with Crippen LogP contribution in [0, 0.1) is 5.41 Å². The Balaban J connectivity index is 1.31. The second-order valence-corrected chi connectivity index (χ2v) is 10.6. The van der Waals surface area contributed by atoms with Gasteiger partial charge in [-0.3, -0.25) is 5.10 Å². The van der Waals surface area contributed by atoms with Crippen LogP contribution in [-0.4, -0.2) is 56.3 Å². The van der Waals surface area contributed by atoms with E-state index in [1.165, 1.54) is 0 Å². The van der Waals surface area contributed by atoms with Gasteiger partial charge in [0.15, 0.2) is 17.0 Å². The number of pyridine rings is 1. The van der Waals surface area contributed by atoms with Gasteiger partial charge in [-0.15, -0.1) is 11.3 Å². The first-order valence-corrected chi connectivity index (χ1v) is 12.8. The summed E-state index contributed by atoms with van der Waals surface area (Å²) in [6.45, 7) is 7.98. The van der Waals surface area contributed by atoms with Crippen LogP contribution in [0.5, 0.6) is 0 Å². The van der Waals surface area contributed by atoms with Crippen LogP contribution in [0.2, 0.25) is 0 Å². The second kappa shape index (κ2) is 8.28. The van der Waals surface area contributed by atoms with Gasteiger partial charge in [-0.25, -0.2) is 19.9 Å². The van der Waals surface area contributed by atoms with Crippen molar-refractivity contribution in [1.82, 2.24) is 30.1 Å². The van der Waals surface area contributed by atoms with Crippen LogP contribution in [-0.2, 0) is 0 Å². The molecule has 0 aliphatic carbocycles. The molecular formula is C24H29N9S. The van der Waals surface area contributed by atoms with Crippen LogP contribution in [0.4, 0.5) is 17.3 Å². The normalized spacial score (nSPS) is 20.0. The van der Waals surface area contributed by atoms with Crippen molar-refractivity contribution in [2.75, 3.05) is 36.0 Å². The van der Waals surface area contributed by atoms with E-state index in [4.69, 9.17) is 20.7 Å². The molecule has 2 aliphatic rings. The van der Waals surface area contributed by atoms with Gasteiger partial charge in [-0.1, -0.05) is 13.8 Å². The van der Waals surface area contributed by atoms with Gasteiger partial charge in [0.2, 0.25) is 0 Å². The summed E-state index contributed by atoms with van der Waals surface area (Å²) in [6, 6.07) is 4.19. The Kier molecular flexibility index (Phi) is 5.22. The molecule has 176 valence electrons. The number of hydrogen-bond acceptors (Lipinski definition) is 9. The van der Waals surface area contributed by atoms with Gasteiger partial charge in [0.25, 0.3) is 0 Å². The molecule has 9 nitrogen and oxygen atoms in total. The molecule has 4 aromatic heterocycles. The van der Waals surface area contributed by atoms with E-state index in [1.807, 2.05) is 23.8 Å². The lowest BCUT2D eigenvalue weighted by molar-refractivity contribution is 0.258. The molecule has 0 amide bonds. The van der Waals surface area contributed by atoms with Crippen molar-refractivity contribution >= 4 is 39.8 Å². The monoisotopic (exact) mass is 475 g/mol. The number of nitrogens with one attached hydrogen (secondary N) is 1. The van der Waals surface area contributed by atoms with E-state index in [0.717, 1.165) is 84.7 Å². The number of nitrogens with two attached hydrogens (primary N) is 1. The maximum atomic E-state index is 5.97. The van der Waals surface area contributed by atoms with Gasteiger partial charge in [-0.2, -0.15) is 5.10 Å². The molecule has 1 atom stereocenters. The lowest BCUT2D eigenvalue weighted by Gasteiger charge is -2.39. The highest BCUT2D eigenvalue weighted by molar-refractivity contribution is 7.13. The molecule has 0 spiro atoms. The highest BCUT2D eigenvalue weighted by atomic mass is 32.1. The summed E-state index contributed by atoms with van der Waals surface area (Å²) in [4.78, 5) is 23.6. The van der Waals surface area contributed by atoms with Gasteiger partial charge in [-0.05, 0) is 43.4 Å². The average molecular weight is 476 g/mol. The molecule has 0 saturated carbocycles. The third kappa shape index (κ3) is 3.61. The van der Waals surface area contributed by atoms with E-state index in [0.29, 0.717) is 11.6 Å². The molecule has 0 radical (unpaired) electrons. The van der Waals surface area contributed by atoms with Crippen molar-refractivity contribution in [2.24, 2.45) is 11.1 Å². The first-order chi connectivity index (χ1) is 16.5. The first-order valence-electron chi connectivity index (χ1n) is 11.9. The number of piperidine rings is 1. The molecule has 4 aromatic rings. The molecule has 0 aromatic carbocycles. The predicted octanol–water partition coefficient (Wildman–Crippen LogP) is 4.08. The van der Waals surface area contributed by atoms with Crippen LogP contribution < -0.4 is 15.5 Å². The summed E-state index contributed by atoms with van der Waals surface area (Å²) >= 11 is 1.61. The maximum Gasteiger partial charge on any atom is 0.183 e. The van der Waals surface area contributed by atoms with Crippen molar-refractivity contribution in [3.63, 3.8) is 0 Å². The minimum absolute atomic E-state index is 0.224. The fourth-order valence-corrected chi connectivity index (χ4v) is 5.53. The molecule has 2 aliphatic heterocycles. The van der Waals surface area contributed by atoms with Crippen molar-refractivity contribution < 1.29 is 0 Å². The number of H-pyrrole nitrogens is 1. The topological polar surface area (TPSA) is 113 Å². The largest absolute Gasteiger partial charge is 0.355 e. The van der Waals surface area contributed by atoms with Crippen LogP contribution in [0.1, 0.15) is 44.7 Å². The van der Waals surface area contributed by atoms with Crippen molar-refractivity contribution in [1.29, 1.82) is 0 Å². The molecule has 6 heterocycles. The number of nitrogens with zero attached hydrogens (tertiary/aromatic N) is 7. The third-order valence-electron chi connectivity index (χ3n) is 7.38. The zero-order chi connectivity index (χ0) is 23.3. The summed E-state index contributed by atoms with van der Waals surface area (Å²) in [5, 5.41) is 10.7. The zero-order valence-corrected chi connectivity index (χ0v) is 20.3. The van der Waals surface area contributed by atoms with Crippen LogP contribution >= 0.6 is 11.3 Å². The van der Waals surface area contributed by atoms with E-state index >= 15 is 0 Å². The Hall–Kier alpha value is -3.11. The summed E-state index contributed by atoms with van der Waals surface area (Å²) < 4.78 is 0. The fraction of sp³-hybridized carbons (Fsp3) is 0.458. The fourth-order valence-electron chi connectivity index (χ4n) is 4.93. The number of anilines is 3. The Labute approximate surface area is 202 Å². The Morgan fingerprint density at radius 1 is 1.18 bits per heavy atom. The maximum absolute atomic E-state index is 5.97. The smallest absolute Gasteiger partial charge is 0.183 e. The quantitative estimate of drug-likeness (QED) is 0.454. The SMILES string of the molecule is C[C@H]1CCN(c2n[nH]c3nc(N4CCC(C)(CN)CC4)cnc23)c2ccc(-c3nccs3)nc21. The number of thiazole rings is 1. The predicted molar refractivity (Wildman–Crippen MR) is 136 cm³/mol. The van der Waals surface area contributed by atoms with Crippen molar-refractivity contribution in [3.8, 4) is 10.7 Å². The highest BCUT2D eigenvalue weighted by Gasteiger charge is 2.31. The minimum atomic E-state index is 0.224. The lowest BCUT2D eigenvalue weighted by atomic mass is 9.80. The van der Waals surface area contributed by atoms with E-state index in [9.17, 15) is 0 Å². The summed E-state index contributed by atoms with van der Waals surface area (Å²) in [7, 11) is 0. The number of rotatable bonds is 4. The summed E-state index contributed by atoms with van der Waals surface area (Å²) in [6.07, 6.45) is 6.82. The molecule has 10 heteroatoms. The van der Waals surface area contributed by atoms with Gasteiger partial charge < -0.3 is 15.5 Å². The molecule has 3 N–H and O–H groups in total. The number of aromatic nitrogens is 6.